The van der Waals surface area contributed by atoms with Crippen LogP contribution in [0.4, 0.5) is 4.39 Å². The highest BCUT2D eigenvalue weighted by Crippen LogP contribution is 2.27. The topological polar surface area (TPSA) is 89.6 Å². The second kappa shape index (κ2) is 5.62. The molecule has 0 aliphatic rings. The molecule has 108 valence electrons. The molecule has 1 amide bonds. The zero-order valence-corrected chi connectivity index (χ0v) is 11.1. The minimum Gasteiger partial charge on any atom is -0.478 e. The molecule has 0 fully saturated rings. The fourth-order valence-corrected chi connectivity index (χ4v) is 1.78. The third-order valence-electron chi connectivity index (χ3n) is 2.80. The molecule has 0 aromatic heterocycles. The molecule has 0 radical (unpaired) electrons. The number of nitrogens with two attached hydrogens (primary N) is 1. The minimum absolute atomic E-state index is 0.0417. The normalized spacial score (nSPS) is 10.2. The molecule has 0 heterocycles. The second-order valence-electron chi connectivity index (χ2n) is 4.41. The van der Waals surface area contributed by atoms with E-state index in [1.54, 1.807) is 13.0 Å². The van der Waals surface area contributed by atoms with Crippen LogP contribution in [0, 0.1) is 12.7 Å². The van der Waals surface area contributed by atoms with Crippen molar-refractivity contribution < 1.29 is 23.8 Å². The quantitative estimate of drug-likeness (QED) is 0.905. The summed E-state index contributed by atoms with van der Waals surface area (Å²) in [7, 11) is 0. The molecule has 0 bridgehead atoms. The Labute approximate surface area is 119 Å². The van der Waals surface area contributed by atoms with Crippen molar-refractivity contribution in [3.63, 3.8) is 0 Å². The molecule has 2 aromatic carbocycles. The summed E-state index contributed by atoms with van der Waals surface area (Å²) in [5.41, 5.74) is 5.50. The highest BCUT2D eigenvalue weighted by Gasteiger charge is 2.14. The summed E-state index contributed by atoms with van der Waals surface area (Å²) >= 11 is 0. The first-order valence-corrected chi connectivity index (χ1v) is 5.99. The third-order valence-corrected chi connectivity index (χ3v) is 2.80. The number of hydrogen-bond donors (Lipinski definition) is 2. The molecule has 0 aliphatic heterocycles. The number of benzene rings is 2. The summed E-state index contributed by atoms with van der Waals surface area (Å²) in [5.74, 6) is -2.70. The average Bonchev–Trinajstić information content (AvgIpc) is 2.37. The molecule has 0 saturated carbocycles. The smallest absolute Gasteiger partial charge is 0.339 e. The Morgan fingerprint density at radius 1 is 1.14 bits per heavy atom. The number of carboxylic acids is 1. The lowest BCUT2D eigenvalue weighted by atomic mass is 10.1. The van der Waals surface area contributed by atoms with E-state index in [2.05, 4.69) is 0 Å². The summed E-state index contributed by atoms with van der Waals surface area (Å²) in [6.45, 7) is 1.77. The van der Waals surface area contributed by atoms with Crippen molar-refractivity contribution in [2.24, 2.45) is 5.73 Å². The molecule has 0 atom stereocenters. The lowest BCUT2D eigenvalue weighted by molar-refractivity contribution is 0.0694. The molecule has 21 heavy (non-hydrogen) atoms. The van der Waals surface area contributed by atoms with E-state index >= 15 is 0 Å². The van der Waals surface area contributed by atoms with Gasteiger partial charge in [0.2, 0.25) is 0 Å². The van der Waals surface area contributed by atoms with Gasteiger partial charge in [0.15, 0.2) is 0 Å². The Kier molecular flexibility index (Phi) is 3.89. The van der Waals surface area contributed by atoms with Crippen molar-refractivity contribution >= 4 is 11.9 Å². The van der Waals surface area contributed by atoms with Crippen LogP contribution in [0.2, 0.25) is 0 Å². The van der Waals surface area contributed by atoms with Crippen LogP contribution in [0.3, 0.4) is 0 Å². The fraction of sp³-hybridized carbons (Fsp3) is 0.0667. The number of aryl methyl sites for hydroxylation is 1. The van der Waals surface area contributed by atoms with E-state index in [9.17, 15) is 14.0 Å². The standard InChI is InChI=1S/C15H12FNO4/c1-8-2-4-11(15(19)20)13(6-8)21-9-3-5-10(14(17)18)12(16)7-9/h2-7H,1H3,(H2,17,18)(H,19,20). The third kappa shape index (κ3) is 3.17. The SMILES string of the molecule is Cc1ccc(C(=O)O)c(Oc2ccc(C(N)=O)c(F)c2)c1. The minimum atomic E-state index is -1.15. The predicted octanol–water partition coefficient (Wildman–Crippen LogP) is 2.72. The molecular weight excluding hydrogens is 277 g/mol. The summed E-state index contributed by atoms with van der Waals surface area (Å²) in [4.78, 5) is 22.1. The van der Waals surface area contributed by atoms with E-state index in [1.165, 1.54) is 24.3 Å². The fourth-order valence-electron chi connectivity index (χ4n) is 1.78. The number of primary amides is 1. The zero-order valence-electron chi connectivity index (χ0n) is 11.1. The molecule has 6 heteroatoms. The van der Waals surface area contributed by atoms with E-state index in [0.29, 0.717) is 0 Å². The van der Waals surface area contributed by atoms with Gasteiger partial charge in [0, 0.05) is 6.07 Å². The van der Waals surface area contributed by atoms with Crippen molar-refractivity contribution in [3.8, 4) is 11.5 Å². The summed E-state index contributed by atoms with van der Waals surface area (Å²) < 4.78 is 19.0. The monoisotopic (exact) mass is 289 g/mol. The number of ether oxygens (including phenoxy) is 1. The van der Waals surface area contributed by atoms with E-state index in [-0.39, 0.29) is 22.6 Å². The zero-order chi connectivity index (χ0) is 15.6. The molecule has 0 aliphatic carbocycles. The summed E-state index contributed by atoms with van der Waals surface area (Å²) in [6, 6.07) is 8.08. The van der Waals surface area contributed by atoms with Gasteiger partial charge >= 0.3 is 5.97 Å². The summed E-state index contributed by atoms with van der Waals surface area (Å²) in [5, 5.41) is 9.09. The Morgan fingerprint density at radius 3 is 2.38 bits per heavy atom. The van der Waals surface area contributed by atoms with Gasteiger partial charge in [0.1, 0.15) is 22.9 Å². The second-order valence-corrected chi connectivity index (χ2v) is 4.41. The number of aromatic carboxylic acids is 1. The van der Waals surface area contributed by atoms with Gasteiger partial charge in [0.25, 0.3) is 5.91 Å². The maximum absolute atomic E-state index is 13.6. The highest BCUT2D eigenvalue weighted by molar-refractivity contribution is 5.93. The Bertz CT molecular complexity index is 728. The molecular formula is C15H12FNO4. The molecule has 0 saturated heterocycles. The van der Waals surface area contributed by atoms with E-state index in [4.69, 9.17) is 15.6 Å². The van der Waals surface area contributed by atoms with Crippen LogP contribution in [0.25, 0.3) is 0 Å². The highest BCUT2D eigenvalue weighted by atomic mass is 19.1. The first-order valence-electron chi connectivity index (χ1n) is 5.99. The van der Waals surface area contributed by atoms with Gasteiger partial charge in [-0.3, -0.25) is 4.79 Å². The van der Waals surface area contributed by atoms with Crippen LogP contribution < -0.4 is 10.5 Å². The molecule has 2 aromatic rings. The number of halogens is 1. The lowest BCUT2D eigenvalue weighted by Gasteiger charge is -2.10. The van der Waals surface area contributed by atoms with Gasteiger partial charge in [-0.15, -0.1) is 0 Å². The van der Waals surface area contributed by atoms with Crippen molar-refractivity contribution in [1.82, 2.24) is 0 Å². The maximum Gasteiger partial charge on any atom is 0.339 e. The largest absolute Gasteiger partial charge is 0.478 e. The van der Waals surface area contributed by atoms with Crippen molar-refractivity contribution in [2.75, 3.05) is 0 Å². The van der Waals surface area contributed by atoms with Crippen LogP contribution in [-0.4, -0.2) is 17.0 Å². The first-order chi connectivity index (χ1) is 9.88. The molecule has 0 spiro atoms. The predicted molar refractivity (Wildman–Crippen MR) is 73.1 cm³/mol. The van der Waals surface area contributed by atoms with Gasteiger partial charge in [-0.1, -0.05) is 6.07 Å². The van der Waals surface area contributed by atoms with Gasteiger partial charge in [-0.05, 0) is 36.8 Å². The van der Waals surface area contributed by atoms with Crippen molar-refractivity contribution in [3.05, 3.63) is 58.9 Å². The van der Waals surface area contributed by atoms with E-state index in [0.717, 1.165) is 11.6 Å². The van der Waals surface area contributed by atoms with Gasteiger partial charge in [-0.2, -0.15) is 0 Å². The van der Waals surface area contributed by atoms with Crippen molar-refractivity contribution in [1.29, 1.82) is 0 Å². The van der Waals surface area contributed by atoms with E-state index in [1.807, 2.05) is 0 Å². The maximum atomic E-state index is 13.6. The van der Waals surface area contributed by atoms with Crippen LogP contribution in [0.1, 0.15) is 26.3 Å². The number of rotatable bonds is 4. The number of hydrogen-bond acceptors (Lipinski definition) is 3. The Hall–Kier alpha value is -2.89. The number of amides is 1. The van der Waals surface area contributed by atoms with Gasteiger partial charge < -0.3 is 15.6 Å². The van der Waals surface area contributed by atoms with Crippen LogP contribution in [0.15, 0.2) is 36.4 Å². The van der Waals surface area contributed by atoms with Crippen LogP contribution >= 0.6 is 0 Å². The Balaban J connectivity index is 2.38. The van der Waals surface area contributed by atoms with Crippen molar-refractivity contribution in [2.45, 2.75) is 6.92 Å². The molecule has 3 N–H and O–H groups in total. The number of carbonyl (C=O) groups excluding carboxylic acids is 1. The molecule has 2 rings (SSSR count). The molecule has 5 nitrogen and oxygen atoms in total. The van der Waals surface area contributed by atoms with Crippen LogP contribution in [-0.2, 0) is 0 Å². The van der Waals surface area contributed by atoms with Gasteiger partial charge in [0.05, 0.1) is 5.56 Å². The Morgan fingerprint density at radius 2 is 1.81 bits per heavy atom. The summed E-state index contributed by atoms with van der Waals surface area (Å²) in [6.07, 6.45) is 0. The lowest BCUT2D eigenvalue weighted by Crippen LogP contribution is -2.12. The first kappa shape index (κ1) is 14.5. The number of carboxylic acid groups (broad SMARTS) is 1. The van der Waals surface area contributed by atoms with E-state index < -0.39 is 17.7 Å². The average molecular weight is 289 g/mol. The van der Waals surface area contributed by atoms with Gasteiger partial charge in [-0.25, -0.2) is 9.18 Å². The molecule has 0 unspecified atom stereocenters. The van der Waals surface area contributed by atoms with Crippen LogP contribution in [0.5, 0.6) is 11.5 Å². The number of carbonyl (C=O) groups is 2.